The summed E-state index contributed by atoms with van der Waals surface area (Å²) in [5, 5.41) is 4.74. The van der Waals surface area contributed by atoms with Gasteiger partial charge in [-0.3, -0.25) is 0 Å². The normalized spacial score (nSPS) is 11.8. The number of alkyl halides is 6. The standard InChI is InChI=1S/C16H12F6N2O2S/c17-15(18,19)26-12-5-1-3-10(7-12)9-23-14(25)24-11-4-2-6-13(8-11)27-16(20,21)22/h1-8H,9H2,(H2,23,24,25). The Kier molecular flexibility index (Phi) is 6.47. The van der Waals surface area contributed by atoms with Gasteiger partial charge in [0.05, 0.1) is 0 Å². The molecule has 0 saturated heterocycles. The van der Waals surface area contributed by atoms with Crippen LogP contribution in [0.15, 0.2) is 53.4 Å². The van der Waals surface area contributed by atoms with E-state index in [1.165, 1.54) is 30.3 Å². The Morgan fingerprint density at radius 1 is 1.00 bits per heavy atom. The highest BCUT2D eigenvalue weighted by molar-refractivity contribution is 8.00. The number of anilines is 1. The Labute approximate surface area is 153 Å². The van der Waals surface area contributed by atoms with Crippen molar-refractivity contribution < 1.29 is 35.9 Å². The molecule has 2 aromatic rings. The minimum absolute atomic E-state index is 0.0997. The number of halogens is 6. The quantitative estimate of drug-likeness (QED) is 0.504. The van der Waals surface area contributed by atoms with Crippen LogP contribution in [0.4, 0.5) is 36.8 Å². The van der Waals surface area contributed by atoms with Crippen LogP contribution in [0.3, 0.4) is 0 Å². The molecule has 2 N–H and O–H groups in total. The second kappa shape index (κ2) is 8.42. The maximum atomic E-state index is 12.4. The zero-order valence-electron chi connectivity index (χ0n) is 13.3. The van der Waals surface area contributed by atoms with Crippen molar-refractivity contribution in [1.29, 1.82) is 0 Å². The van der Waals surface area contributed by atoms with E-state index in [1.54, 1.807) is 0 Å². The Morgan fingerprint density at radius 2 is 1.70 bits per heavy atom. The smallest absolute Gasteiger partial charge is 0.406 e. The first-order valence-electron chi connectivity index (χ1n) is 7.25. The first kappa shape index (κ1) is 20.7. The van der Waals surface area contributed by atoms with Gasteiger partial charge < -0.3 is 15.4 Å². The van der Waals surface area contributed by atoms with E-state index in [-0.39, 0.29) is 28.9 Å². The molecule has 11 heteroatoms. The van der Waals surface area contributed by atoms with Crippen molar-refractivity contribution in [1.82, 2.24) is 5.32 Å². The van der Waals surface area contributed by atoms with E-state index < -0.39 is 23.7 Å². The first-order valence-corrected chi connectivity index (χ1v) is 8.07. The molecule has 2 aromatic carbocycles. The Morgan fingerprint density at radius 3 is 2.37 bits per heavy atom. The second-order valence-electron chi connectivity index (χ2n) is 5.08. The topological polar surface area (TPSA) is 50.4 Å². The number of carbonyl (C=O) groups is 1. The summed E-state index contributed by atoms with van der Waals surface area (Å²) in [6, 6.07) is 9.43. The van der Waals surface area contributed by atoms with E-state index in [0.29, 0.717) is 5.56 Å². The molecule has 2 rings (SSSR count). The Hall–Kier alpha value is -2.56. The molecule has 0 bridgehead atoms. The fraction of sp³-hybridized carbons (Fsp3) is 0.188. The van der Waals surface area contributed by atoms with Crippen molar-refractivity contribution >= 4 is 23.5 Å². The average Bonchev–Trinajstić information content (AvgIpc) is 2.50. The van der Waals surface area contributed by atoms with Crippen LogP contribution in [-0.4, -0.2) is 17.9 Å². The fourth-order valence-corrected chi connectivity index (χ4v) is 2.58. The molecule has 4 nitrogen and oxygen atoms in total. The molecule has 146 valence electrons. The summed E-state index contributed by atoms with van der Waals surface area (Å²) < 4.78 is 77.4. The molecular formula is C16H12F6N2O2S. The number of amides is 2. The van der Waals surface area contributed by atoms with Crippen LogP contribution in [0.25, 0.3) is 0 Å². The van der Waals surface area contributed by atoms with Crippen molar-refractivity contribution in [2.45, 2.75) is 23.3 Å². The maximum absolute atomic E-state index is 12.4. The molecular weight excluding hydrogens is 398 g/mol. The summed E-state index contributed by atoms with van der Waals surface area (Å²) in [5.41, 5.74) is -3.98. The second-order valence-corrected chi connectivity index (χ2v) is 6.22. The molecule has 0 radical (unpaired) electrons. The van der Waals surface area contributed by atoms with Gasteiger partial charge in [-0.05, 0) is 47.7 Å². The summed E-state index contributed by atoms with van der Waals surface area (Å²) in [7, 11) is 0. The molecule has 0 spiro atoms. The van der Waals surface area contributed by atoms with Crippen molar-refractivity contribution in [2.75, 3.05) is 5.32 Å². The van der Waals surface area contributed by atoms with Crippen molar-refractivity contribution in [3.63, 3.8) is 0 Å². The predicted octanol–water partition coefficient (Wildman–Crippen LogP) is 5.52. The van der Waals surface area contributed by atoms with Crippen LogP contribution in [0.2, 0.25) is 0 Å². The lowest BCUT2D eigenvalue weighted by molar-refractivity contribution is -0.274. The van der Waals surface area contributed by atoms with Gasteiger partial charge in [0.2, 0.25) is 0 Å². The average molecular weight is 410 g/mol. The largest absolute Gasteiger partial charge is 0.573 e. The number of urea groups is 1. The zero-order chi connectivity index (χ0) is 20.1. The number of thioether (sulfide) groups is 1. The van der Waals surface area contributed by atoms with Crippen LogP contribution < -0.4 is 15.4 Å². The van der Waals surface area contributed by atoms with Crippen LogP contribution in [0, 0.1) is 0 Å². The number of rotatable bonds is 5. The minimum Gasteiger partial charge on any atom is -0.406 e. The summed E-state index contributed by atoms with van der Waals surface area (Å²) in [4.78, 5) is 11.7. The van der Waals surface area contributed by atoms with Crippen molar-refractivity contribution in [2.24, 2.45) is 0 Å². The zero-order valence-corrected chi connectivity index (χ0v) is 14.1. The number of nitrogens with one attached hydrogen (secondary N) is 2. The van der Waals surface area contributed by atoms with Crippen LogP contribution >= 0.6 is 11.8 Å². The molecule has 2 amide bonds. The van der Waals surface area contributed by atoms with Gasteiger partial charge in [0, 0.05) is 17.1 Å². The molecule has 0 aliphatic heterocycles. The molecule has 0 heterocycles. The van der Waals surface area contributed by atoms with E-state index in [2.05, 4.69) is 15.4 Å². The molecule has 0 atom stereocenters. The summed E-state index contributed by atoms with van der Waals surface area (Å²) in [6.07, 6.45) is -4.83. The Balaban J connectivity index is 1.91. The number of hydrogen-bond donors (Lipinski definition) is 2. The number of hydrogen-bond acceptors (Lipinski definition) is 3. The highest BCUT2D eigenvalue weighted by Crippen LogP contribution is 2.37. The van der Waals surface area contributed by atoms with Crippen LogP contribution in [0.5, 0.6) is 5.75 Å². The van der Waals surface area contributed by atoms with E-state index >= 15 is 0 Å². The van der Waals surface area contributed by atoms with Gasteiger partial charge in [0.25, 0.3) is 0 Å². The third kappa shape index (κ3) is 8.11. The monoisotopic (exact) mass is 410 g/mol. The highest BCUT2D eigenvalue weighted by atomic mass is 32.2. The van der Waals surface area contributed by atoms with E-state index in [9.17, 15) is 31.1 Å². The van der Waals surface area contributed by atoms with Crippen LogP contribution in [0.1, 0.15) is 5.56 Å². The van der Waals surface area contributed by atoms with Gasteiger partial charge in [-0.1, -0.05) is 18.2 Å². The van der Waals surface area contributed by atoms with E-state index in [4.69, 9.17) is 0 Å². The molecule has 0 aromatic heterocycles. The Bertz CT molecular complexity index is 795. The molecule has 0 aliphatic carbocycles. The van der Waals surface area contributed by atoms with E-state index in [1.807, 2.05) is 0 Å². The van der Waals surface area contributed by atoms with Gasteiger partial charge in [-0.15, -0.1) is 13.2 Å². The van der Waals surface area contributed by atoms with Gasteiger partial charge >= 0.3 is 17.9 Å². The molecule has 0 saturated carbocycles. The predicted molar refractivity (Wildman–Crippen MR) is 87.3 cm³/mol. The van der Waals surface area contributed by atoms with Gasteiger partial charge in [0.1, 0.15) is 5.75 Å². The molecule has 0 fully saturated rings. The number of benzene rings is 2. The van der Waals surface area contributed by atoms with Crippen LogP contribution in [-0.2, 0) is 6.54 Å². The van der Waals surface area contributed by atoms with Gasteiger partial charge in [0.15, 0.2) is 0 Å². The molecule has 0 aliphatic rings. The minimum atomic E-state index is -4.83. The van der Waals surface area contributed by atoms with Crippen molar-refractivity contribution in [3.8, 4) is 5.75 Å². The third-order valence-electron chi connectivity index (χ3n) is 2.91. The highest BCUT2D eigenvalue weighted by Gasteiger charge is 2.31. The summed E-state index contributed by atoms with van der Waals surface area (Å²) >= 11 is -0.319. The maximum Gasteiger partial charge on any atom is 0.573 e. The van der Waals surface area contributed by atoms with Gasteiger partial charge in [-0.25, -0.2) is 4.79 Å². The van der Waals surface area contributed by atoms with Crippen molar-refractivity contribution in [3.05, 3.63) is 54.1 Å². The number of carbonyl (C=O) groups excluding carboxylic acids is 1. The van der Waals surface area contributed by atoms with E-state index in [0.717, 1.165) is 18.2 Å². The summed E-state index contributed by atoms with van der Waals surface area (Å²) in [5.74, 6) is -0.431. The third-order valence-corrected chi connectivity index (χ3v) is 3.63. The lowest BCUT2D eigenvalue weighted by Gasteiger charge is -2.12. The van der Waals surface area contributed by atoms with Gasteiger partial charge in [-0.2, -0.15) is 13.2 Å². The number of ether oxygens (including phenoxy) is 1. The SMILES string of the molecule is O=C(NCc1cccc(OC(F)(F)F)c1)Nc1cccc(SC(F)(F)F)c1. The summed E-state index contributed by atoms with van der Waals surface area (Å²) in [6.45, 7) is -0.113. The lowest BCUT2D eigenvalue weighted by atomic mass is 10.2. The first-order chi connectivity index (χ1) is 12.5. The molecule has 0 unspecified atom stereocenters. The molecule has 27 heavy (non-hydrogen) atoms. The lowest BCUT2D eigenvalue weighted by Crippen LogP contribution is -2.28. The fourth-order valence-electron chi connectivity index (χ4n) is 1.98.